The zero-order valence-electron chi connectivity index (χ0n) is 16.0. The molecule has 1 fully saturated rings. The summed E-state index contributed by atoms with van der Waals surface area (Å²) in [6.45, 7) is 2.02. The van der Waals surface area contributed by atoms with Gasteiger partial charge in [0.15, 0.2) is 5.69 Å². The van der Waals surface area contributed by atoms with E-state index in [-0.39, 0.29) is 11.9 Å². The van der Waals surface area contributed by atoms with Crippen LogP contribution < -0.4 is 11.1 Å². The van der Waals surface area contributed by atoms with E-state index in [1.165, 1.54) is 30.4 Å². The molecular formula is C21H29N5O. The van der Waals surface area contributed by atoms with Crippen LogP contribution in [0.3, 0.4) is 0 Å². The van der Waals surface area contributed by atoms with Crippen LogP contribution in [-0.4, -0.2) is 26.9 Å². The Morgan fingerprint density at radius 3 is 2.70 bits per heavy atom. The molecule has 1 amide bonds. The quantitative estimate of drug-likeness (QED) is 0.869. The largest absolute Gasteiger partial charge is 0.344 e. The smallest absolute Gasteiger partial charge is 0.273 e. The fourth-order valence-electron chi connectivity index (χ4n) is 4.30. The Hall–Kier alpha value is -2.21. The van der Waals surface area contributed by atoms with Gasteiger partial charge in [0.2, 0.25) is 0 Å². The average molecular weight is 367 g/mol. The maximum atomic E-state index is 12.6. The fraction of sp³-hybridized carbons (Fsp3) is 0.571. The number of carbonyl (C=O) groups excluding carboxylic acids is 1. The molecule has 144 valence electrons. The molecule has 0 bridgehead atoms. The van der Waals surface area contributed by atoms with Gasteiger partial charge in [-0.2, -0.15) is 0 Å². The molecule has 0 unspecified atom stereocenters. The molecule has 6 heteroatoms. The van der Waals surface area contributed by atoms with Gasteiger partial charge in [0.25, 0.3) is 5.91 Å². The van der Waals surface area contributed by atoms with Crippen LogP contribution in [0.5, 0.6) is 0 Å². The Bertz CT molecular complexity index is 807. The lowest BCUT2D eigenvalue weighted by Gasteiger charge is -2.25. The van der Waals surface area contributed by atoms with Crippen LogP contribution in [0.2, 0.25) is 0 Å². The third kappa shape index (κ3) is 4.05. The SMILES string of the molecule is C[C@@H](NC(=O)c1cn(C2CCC(N)CC2)nn1)c1ccc2c(c1)CCCC2. The molecule has 27 heavy (non-hydrogen) atoms. The molecule has 2 aliphatic rings. The highest BCUT2D eigenvalue weighted by Crippen LogP contribution is 2.27. The third-order valence-electron chi connectivity index (χ3n) is 6.08. The Morgan fingerprint density at radius 1 is 1.19 bits per heavy atom. The molecule has 0 radical (unpaired) electrons. The number of benzene rings is 1. The number of nitrogens with one attached hydrogen (secondary N) is 1. The molecule has 0 aliphatic heterocycles. The van der Waals surface area contributed by atoms with Crippen molar-refractivity contribution in [1.29, 1.82) is 0 Å². The van der Waals surface area contributed by atoms with Crippen LogP contribution in [0.25, 0.3) is 0 Å². The standard InChI is InChI=1S/C21H29N5O/c1-14(16-7-6-15-4-2-3-5-17(15)12-16)23-21(27)20-13-26(25-24-20)19-10-8-18(22)9-11-19/h6-7,12-14,18-19H,2-5,8-11,22H2,1H3,(H,23,27)/t14-,18?,19?/m1/s1. The molecule has 0 saturated heterocycles. The minimum Gasteiger partial charge on any atom is -0.344 e. The number of hydrogen-bond donors (Lipinski definition) is 2. The number of hydrogen-bond acceptors (Lipinski definition) is 4. The normalized spacial score (nSPS) is 23.5. The second-order valence-corrected chi connectivity index (χ2v) is 8.08. The van der Waals surface area contributed by atoms with E-state index in [2.05, 4.69) is 33.8 Å². The summed E-state index contributed by atoms with van der Waals surface area (Å²) in [5.41, 5.74) is 10.4. The van der Waals surface area contributed by atoms with E-state index < -0.39 is 0 Å². The summed E-state index contributed by atoms with van der Waals surface area (Å²) >= 11 is 0. The van der Waals surface area contributed by atoms with Gasteiger partial charge >= 0.3 is 0 Å². The van der Waals surface area contributed by atoms with Crippen molar-refractivity contribution in [1.82, 2.24) is 20.3 Å². The van der Waals surface area contributed by atoms with E-state index >= 15 is 0 Å². The molecule has 1 aromatic heterocycles. The first-order valence-corrected chi connectivity index (χ1v) is 10.2. The highest BCUT2D eigenvalue weighted by atomic mass is 16.2. The number of fused-ring (bicyclic) bond motifs is 1. The predicted molar refractivity (Wildman–Crippen MR) is 104 cm³/mol. The Balaban J connectivity index is 1.40. The topological polar surface area (TPSA) is 85.8 Å². The minimum atomic E-state index is -0.168. The predicted octanol–water partition coefficient (Wildman–Crippen LogP) is 3.09. The van der Waals surface area contributed by atoms with Crippen molar-refractivity contribution in [3.8, 4) is 0 Å². The molecule has 2 aliphatic carbocycles. The lowest BCUT2D eigenvalue weighted by Crippen LogP contribution is -2.28. The zero-order valence-corrected chi connectivity index (χ0v) is 16.0. The summed E-state index contributed by atoms with van der Waals surface area (Å²) in [6.07, 6.45) is 10.6. The summed E-state index contributed by atoms with van der Waals surface area (Å²) in [5.74, 6) is -0.168. The van der Waals surface area contributed by atoms with Crippen molar-refractivity contribution in [3.05, 3.63) is 46.8 Å². The van der Waals surface area contributed by atoms with Gasteiger partial charge in [0.1, 0.15) is 0 Å². The summed E-state index contributed by atoms with van der Waals surface area (Å²) in [5, 5.41) is 11.4. The van der Waals surface area contributed by atoms with Gasteiger partial charge in [0.05, 0.1) is 18.3 Å². The highest BCUT2D eigenvalue weighted by molar-refractivity contribution is 5.92. The second-order valence-electron chi connectivity index (χ2n) is 8.08. The van der Waals surface area contributed by atoms with Crippen molar-refractivity contribution in [3.63, 3.8) is 0 Å². The molecule has 2 aromatic rings. The molecule has 1 aromatic carbocycles. The first-order chi connectivity index (χ1) is 13.1. The monoisotopic (exact) mass is 367 g/mol. The zero-order chi connectivity index (χ0) is 18.8. The van der Waals surface area contributed by atoms with E-state index in [1.54, 1.807) is 6.20 Å². The molecule has 3 N–H and O–H groups in total. The Kier molecular flexibility index (Phi) is 5.25. The van der Waals surface area contributed by atoms with Crippen LogP contribution in [0.4, 0.5) is 0 Å². The number of aryl methyl sites for hydroxylation is 2. The molecule has 1 saturated carbocycles. The summed E-state index contributed by atoms with van der Waals surface area (Å²) < 4.78 is 1.84. The van der Waals surface area contributed by atoms with Gasteiger partial charge in [-0.25, -0.2) is 4.68 Å². The first kappa shape index (κ1) is 18.2. The average Bonchev–Trinajstić information content (AvgIpc) is 3.18. The molecule has 6 nitrogen and oxygen atoms in total. The van der Waals surface area contributed by atoms with Gasteiger partial charge in [-0.15, -0.1) is 5.10 Å². The lowest BCUT2D eigenvalue weighted by molar-refractivity contribution is 0.0934. The molecule has 4 rings (SSSR count). The van der Waals surface area contributed by atoms with Crippen LogP contribution in [0, 0.1) is 0 Å². The maximum absolute atomic E-state index is 12.6. The van der Waals surface area contributed by atoms with Gasteiger partial charge < -0.3 is 11.1 Å². The van der Waals surface area contributed by atoms with Crippen LogP contribution in [-0.2, 0) is 12.8 Å². The van der Waals surface area contributed by atoms with E-state index in [1.807, 2.05) is 11.6 Å². The van der Waals surface area contributed by atoms with Gasteiger partial charge in [-0.05, 0) is 75.0 Å². The van der Waals surface area contributed by atoms with Crippen molar-refractivity contribution >= 4 is 5.91 Å². The second kappa shape index (κ2) is 7.80. The van der Waals surface area contributed by atoms with Crippen LogP contribution in [0.1, 0.15) is 84.7 Å². The van der Waals surface area contributed by atoms with E-state index in [0.29, 0.717) is 17.8 Å². The molecule has 0 spiro atoms. The number of rotatable bonds is 4. The number of nitrogens with zero attached hydrogens (tertiary/aromatic N) is 3. The molecule has 1 atom stereocenters. The van der Waals surface area contributed by atoms with Crippen molar-refractivity contribution in [2.24, 2.45) is 5.73 Å². The summed E-state index contributed by atoms with van der Waals surface area (Å²) in [4.78, 5) is 12.6. The Morgan fingerprint density at radius 2 is 1.93 bits per heavy atom. The third-order valence-corrected chi connectivity index (χ3v) is 6.08. The number of amides is 1. The van der Waals surface area contributed by atoms with Gasteiger partial charge in [0, 0.05) is 6.04 Å². The number of aromatic nitrogens is 3. The van der Waals surface area contributed by atoms with E-state index in [0.717, 1.165) is 37.7 Å². The maximum Gasteiger partial charge on any atom is 0.273 e. The van der Waals surface area contributed by atoms with Crippen molar-refractivity contribution in [2.45, 2.75) is 76.4 Å². The van der Waals surface area contributed by atoms with E-state index in [9.17, 15) is 4.79 Å². The van der Waals surface area contributed by atoms with Crippen LogP contribution in [0.15, 0.2) is 24.4 Å². The van der Waals surface area contributed by atoms with Crippen molar-refractivity contribution < 1.29 is 4.79 Å². The lowest BCUT2D eigenvalue weighted by atomic mass is 9.89. The fourth-order valence-corrected chi connectivity index (χ4v) is 4.30. The van der Waals surface area contributed by atoms with Gasteiger partial charge in [-0.1, -0.05) is 23.4 Å². The highest BCUT2D eigenvalue weighted by Gasteiger charge is 2.23. The van der Waals surface area contributed by atoms with E-state index in [4.69, 9.17) is 5.73 Å². The molecular weight excluding hydrogens is 338 g/mol. The molecule has 1 heterocycles. The number of nitrogens with two attached hydrogens (primary N) is 1. The van der Waals surface area contributed by atoms with Crippen LogP contribution >= 0.6 is 0 Å². The summed E-state index contributed by atoms with van der Waals surface area (Å²) in [6, 6.07) is 7.15. The minimum absolute atomic E-state index is 0.0532. The first-order valence-electron chi connectivity index (χ1n) is 10.2. The van der Waals surface area contributed by atoms with Crippen molar-refractivity contribution in [2.75, 3.05) is 0 Å². The number of carbonyl (C=O) groups is 1. The summed E-state index contributed by atoms with van der Waals surface area (Å²) in [7, 11) is 0. The van der Waals surface area contributed by atoms with Gasteiger partial charge in [-0.3, -0.25) is 4.79 Å². The Labute approximate surface area is 160 Å².